The van der Waals surface area contributed by atoms with Crippen LogP contribution in [0.4, 0.5) is 0 Å². The van der Waals surface area contributed by atoms with Gasteiger partial charge in [-0.05, 0) is 92.7 Å². The van der Waals surface area contributed by atoms with Crippen LogP contribution >= 0.6 is 0 Å². The number of carbonyl (C=O) groups is 4. The number of likely N-dealkylation sites (N-methyl/N-ethyl adjacent to an activating group) is 1. The van der Waals surface area contributed by atoms with Crippen molar-refractivity contribution in [3.05, 3.63) is 113 Å². The molecule has 10 N–H and O–H groups in total. The monoisotopic (exact) mass is 813 g/mol. The molecule has 1 aromatic heterocycles. The second kappa shape index (κ2) is 24.5. The van der Waals surface area contributed by atoms with Crippen LogP contribution in [0, 0.1) is 0 Å². The van der Waals surface area contributed by atoms with Gasteiger partial charge in [0, 0.05) is 30.9 Å². The molecule has 0 spiro atoms. The highest BCUT2D eigenvalue weighted by molar-refractivity contribution is 6.02. The van der Waals surface area contributed by atoms with Crippen molar-refractivity contribution in [3.8, 4) is 5.75 Å². The Hall–Kier alpha value is -6.21. The van der Waals surface area contributed by atoms with Gasteiger partial charge in [-0.1, -0.05) is 46.8 Å². The molecule has 59 heavy (non-hydrogen) atoms. The average Bonchev–Trinajstić information content (AvgIpc) is 3.70. The molecular weight excluding hydrogens is 759 g/mol. The lowest BCUT2D eigenvalue weighted by Gasteiger charge is -2.13. The van der Waals surface area contributed by atoms with E-state index < -0.39 is 23.9 Å². The van der Waals surface area contributed by atoms with Gasteiger partial charge in [0.15, 0.2) is 0 Å². The van der Waals surface area contributed by atoms with E-state index in [9.17, 15) is 19.2 Å². The zero-order valence-electron chi connectivity index (χ0n) is 33.5. The lowest BCUT2D eigenvalue weighted by atomic mass is 10.1. The quantitative estimate of drug-likeness (QED) is 0.0193. The number of aromatic nitrogens is 3. The fourth-order valence-electron chi connectivity index (χ4n) is 5.78. The van der Waals surface area contributed by atoms with E-state index >= 15 is 0 Å². The van der Waals surface area contributed by atoms with Crippen molar-refractivity contribution < 1.29 is 33.5 Å². The number of hydrogen-bond acceptors (Lipinski definition) is 13. The number of amides is 4. The molecule has 0 aliphatic rings. The van der Waals surface area contributed by atoms with E-state index in [0.717, 1.165) is 16.7 Å². The summed E-state index contributed by atoms with van der Waals surface area (Å²) in [6, 6.07) is 20.7. The number of nitrogens with two attached hydrogens (primary N) is 3. The predicted molar refractivity (Wildman–Crippen MR) is 221 cm³/mol. The van der Waals surface area contributed by atoms with Crippen molar-refractivity contribution in [2.75, 3.05) is 40.0 Å². The van der Waals surface area contributed by atoms with Gasteiger partial charge in [0.25, 0.3) is 11.8 Å². The van der Waals surface area contributed by atoms with Crippen LogP contribution in [0.1, 0.15) is 69.3 Å². The highest BCUT2D eigenvalue weighted by Gasteiger charge is 2.15. The molecule has 0 saturated carbocycles. The minimum atomic E-state index is -0.485. The van der Waals surface area contributed by atoms with Crippen molar-refractivity contribution >= 4 is 29.3 Å². The topological polar surface area (TPSA) is 265 Å². The summed E-state index contributed by atoms with van der Waals surface area (Å²) in [5.74, 6) is -0.653. The number of ether oxygens (including phenoxy) is 2. The first kappa shape index (κ1) is 45.5. The zero-order chi connectivity index (χ0) is 42.4. The van der Waals surface area contributed by atoms with Crippen LogP contribution in [0.3, 0.4) is 0 Å². The van der Waals surface area contributed by atoms with E-state index in [1.54, 1.807) is 61.2 Å². The average molecular weight is 814 g/mol. The van der Waals surface area contributed by atoms with E-state index in [-0.39, 0.29) is 31.7 Å². The summed E-state index contributed by atoms with van der Waals surface area (Å²) < 4.78 is 13.2. The SMILES string of the molecule is CN[C@@H](Cc1ccc(OCc2cn(CCOCCNC(=O)c3cccc(/C(C)=N\OCc4cccc(C(=O)NCCCC[C@H](NCN)C(N)=O)c4)c3)nn2)cc1)C(N)=O. The first-order valence-electron chi connectivity index (χ1n) is 19.4. The van der Waals surface area contributed by atoms with Gasteiger partial charge in [0.2, 0.25) is 11.8 Å². The number of carbonyl (C=O) groups excluding carboxylic acids is 4. The fraction of sp³-hybridized carbons (Fsp3) is 0.390. The molecule has 1 heterocycles. The third-order valence-corrected chi connectivity index (χ3v) is 9.10. The predicted octanol–water partition coefficient (Wildman–Crippen LogP) is 1.12. The van der Waals surface area contributed by atoms with Crippen LogP contribution in [0.15, 0.2) is 84.1 Å². The molecule has 0 fully saturated rings. The van der Waals surface area contributed by atoms with Crippen LogP contribution in [-0.4, -0.2) is 96.4 Å². The number of unbranched alkanes of at least 4 members (excludes halogenated alkanes) is 1. The molecule has 2 atom stereocenters. The lowest BCUT2D eigenvalue weighted by Crippen LogP contribution is -2.43. The molecule has 0 unspecified atom stereocenters. The molecule has 0 saturated heterocycles. The van der Waals surface area contributed by atoms with Gasteiger partial charge in [-0.25, -0.2) is 4.68 Å². The van der Waals surface area contributed by atoms with Crippen LogP contribution in [-0.2, 0) is 45.3 Å². The summed E-state index contributed by atoms with van der Waals surface area (Å²) in [6.07, 6.45) is 4.19. The van der Waals surface area contributed by atoms with Gasteiger partial charge < -0.3 is 47.5 Å². The lowest BCUT2D eigenvalue weighted by molar-refractivity contribution is -0.120. The molecule has 0 aliphatic heterocycles. The van der Waals surface area contributed by atoms with Crippen molar-refractivity contribution in [1.29, 1.82) is 0 Å². The van der Waals surface area contributed by atoms with Crippen LogP contribution in [0.2, 0.25) is 0 Å². The highest BCUT2D eigenvalue weighted by Crippen LogP contribution is 2.15. The maximum absolute atomic E-state index is 12.8. The summed E-state index contributed by atoms with van der Waals surface area (Å²) in [7, 11) is 1.70. The smallest absolute Gasteiger partial charge is 0.251 e. The number of nitrogens with one attached hydrogen (secondary N) is 4. The van der Waals surface area contributed by atoms with E-state index in [0.29, 0.717) is 86.8 Å². The third kappa shape index (κ3) is 15.9. The normalized spacial score (nSPS) is 12.4. The molecule has 4 amide bonds. The molecule has 4 aromatic rings. The first-order valence-corrected chi connectivity index (χ1v) is 19.4. The Morgan fingerprint density at radius 2 is 1.51 bits per heavy atom. The molecule has 0 aliphatic carbocycles. The maximum atomic E-state index is 12.8. The summed E-state index contributed by atoms with van der Waals surface area (Å²) in [6.45, 7) is 4.25. The second-order valence-electron chi connectivity index (χ2n) is 13.6. The van der Waals surface area contributed by atoms with Crippen LogP contribution in [0.5, 0.6) is 5.75 Å². The fourth-order valence-corrected chi connectivity index (χ4v) is 5.78. The van der Waals surface area contributed by atoms with Crippen LogP contribution in [0.25, 0.3) is 0 Å². The summed E-state index contributed by atoms with van der Waals surface area (Å²) in [5, 5.41) is 24.0. The molecule has 4 rings (SSSR count). The minimum Gasteiger partial charge on any atom is -0.487 e. The Labute approximate surface area is 343 Å². The Kier molecular flexibility index (Phi) is 18.9. The number of oxime groups is 1. The molecule has 18 heteroatoms. The molecule has 18 nitrogen and oxygen atoms in total. The number of benzene rings is 3. The zero-order valence-corrected chi connectivity index (χ0v) is 33.5. The number of primary amides is 2. The number of hydrogen-bond donors (Lipinski definition) is 7. The Bertz CT molecular complexity index is 1990. The molecule has 316 valence electrons. The van der Waals surface area contributed by atoms with Crippen molar-refractivity contribution in [1.82, 2.24) is 36.3 Å². The number of nitrogens with zero attached hydrogens (tertiary/aromatic N) is 4. The maximum Gasteiger partial charge on any atom is 0.251 e. The standard InChI is InChI=1S/C41H55N11O7/c1-28(50-59-25-30-7-5-9-32(21-30)40(55)46-16-4-3-11-36(38(43)53)48-27-42)31-8-6-10-33(23-31)41(56)47-17-19-57-20-18-52-24-34(49-51-52)26-58-35-14-12-29(13-15-35)22-37(45-2)39(44)54/h5-10,12-15,21,23-24,36-37,45,48H,3-4,11,16-20,22,25-27,42H2,1-2H3,(H2,43,53)(H2,44,54)(H,46,55)(H,47,56)/b50-28-/t36-,37-/m0/s1. The first-order chi connectivity index (χ1) is 28.6. The van der Waals surface area contributed by atoms with E-state index in [1.807, 2.05) is 36.4 Å². The summed E-state index contributed by atoms with van der Waals surface area (Å²) in [4.78, 5) is 54.0. The van der Waals surface area contributed by atoms with Crippen molar-refractivity contribution in [2.45, 2.75) is 64.4 Å². The van der Waals surface area contributed by atoms with Crippen molar-refractivity contribution in [2.24, 2.45) is 22.4 Å². The molecular formula is C41H55N11O7. The summed E-state index contributed by atoms with van der Waals surface area (Å²) in [5.41, 5.74) is 20.8. The minimum absolute atomic E-state index is 0.142. The van der Waals surface area contributed by atoms with Gasteiger partial charge in [0.05, 0.1) is 43.8 Å². The van der Waals surface area contributed by atoms with Gasteiger partial charge in [0.1, 0.15) is 24.7 Å². The largest absolute Gasteiger partial charge is 0.487 e. The van der Waals surface area contributed by atoms with Crippen molar-refractivity contribution in [3.63, 3.8) is 0 Å². The van der Waals surface area contributed by atoms with Gasteiger partial charge >= 0.3 is 0 Å². The van der Waals surface area contributed by atoms with Gasteiger partial charge in [-0.3, -0.25) is 24.5 Å². The van der Waals surface area contributed by atoms with E-state index in [2.05, 4.69) is 36.7 Å². The van der Waals surface area contributed by atoms with Crippen LogP contribution < -0.4 is 43.2 Å². The second-order valence-corrected chi connectivity index (χ2v) is 13.6. The number of rotatable bonds is 27. The Morgan fingerprint density at radius 3 is 2.22 bits per heavy atom. The highest BCUT2D eigenvalue weighted by atomic mass is 16.6. The van der Waals surface area contributed by atoms with E-state index in [4.69, 9.17) is 31.5 Å². The third-order valence-electron chi connectivity index (χ3n) is 9.10. The summed E-state index contributed by atoms with van der Waals surface area (Å²) >= 11 is 0. The molecule has 3 aromatic carbocycles. The van der Waals surface area contributed by atoms with Gasteiger partial charge in [-0.15, -0.1) is 5.10 Å². The Morgan fingerprint density at radius 1 is 0.814 bits per heavy atom. The Balaban J connectivity index is 1.11. The molecule has 0 radical (unpaired) electrons. The van der Waals surface area contributed by atoms with Gasteiger partial charge in [-0.2, -0.15) is 0 Å². The molecule has 0 bridgehead atoms. The van der Waals surface area contributed by atoms with E-state index in [1.165, 1.54) is 0 Å².